The highest BCUT2D eigenvalue weighted by molar-refractivity contribution is 5.97. The lowest BCUT2D eigenvalue weighted by atomic mass is 10.1. The maximum atomic E-state index is 12.6. The predicted molar refractivity (Wildman–Crippen MR) is 89.2 cm³/mol. The van der Waals surface area contributed by atoms with Gasteiger partial charge in [0.2, 0.25) is 5.88 Å². The molecule has 1 saturated heterocycles. The molecule has 1 N–H and O–H groups in total. The standard InChI is InChI=1S/C16H24N6O3/c1-11-14(15(23)17-8-12-9-18-22(3)20-12)16(21(2)19-11)25-10-13-6-4-5-7-24-13/h9,13H,4-8,10H2,1-3H3,(H,17,23). The fourth-order valence-electron chi connectivity index (χ4n) is 2.90. The molecule has 0 aromatic carbocycles. The number of nitrogens with zero attached hydrogens (tertiary/aromatic N) is 5. The van der Waals surface area contributed by atoms with Crippen molar-refractivity contribution >= 4 is 5.91 Å². The minimum atomic E-state index is -0.240. The van der Waals surface area contributed by atoms with Gasteiger partial charge in [-0.3, -0.25) is 4.79 Å². The number of hydrogen-bond acceptors (Lipinski definition) is 6. The quantitative estimate of drug-likeness (QED) is 0.827. The first-order valence-electron chi connectivity index (χ1n) is 8.46. The Bertz CT molecular complexity index is 732. The molecule has 0 spiro atoms. The lowest BCUT2D eigenvalue weighted by molar-refractivity contribution is -0.0128. The maximum absolute atomic E-state index is 12.6. The van der Waals surface area contributed by atoms with Crippen molar-refractivity contribution in [3.8, 4) is 5.88 Å². The summed E-state index contributed by atoms with van der Waals surface area (Å²) in [5, 5.41) is 15.3. The molecule has 0 radical (unpaired) electrons. The summed E-state index contributed by atoms with van der Waals surface area (Å²) in [5.74, 6) is 0.221. The number of nitrogens with one attached hydrogen (secondary N) is 1. The van der Waals surface area contributed by atoms with E-state index in [1.807, 2.05) is 0 Å². The van der Waals surface area contributed by atoms with E-state index in [0.29, 0.717) is 36.0 Å². The molecule has 0 aliphatic carbocycles. The summed E-state index contributed by atoms with van der Waals surface area (Å²) >= 11 is 0. The number of aryl methyl sites for hydroxylation is 3. The molecule has 9 nitrogen and oxygen atoms in total. The van der Waals surface area contributed by atoms with Crippen LogP contribution in [0.1, 0.15) is 41.0 Å². The molecule has 3 rings (SSSR count). The Morgan fingerprint density at radius 1 is 1.40 bits per heavy atom. The molecule has 3 heterocycles. The second-order valence-electron chi connectivity index (χ2n) is 6.20. The van der Waals surface area contributed by atoms with Gasteiger partial charge < -0.3 is 14.8 Å². The summed E-state index contributed by atoms with van der Waals surface area (Å²) in [6, 6.07) is 0. The van der Waals surface area contributed by atoms with Crippen LogP contribution in [-0.4, -0.2) is 50.0 Å². The van der Waals surface area contributed by atoms with Crippen LogP contribution in [0, 0.1) is 6.92 Å². The summed E-state index contributed by atoms with van der Waals surface area (Å²) in [5.41, 5.74) is 1.76. The predicted octanol–water partition coefficient (Wildman–Crippen LogP) is 0.735. The van der Waals surface area contributed by atoms with E-state index in [1.54, 1.807) is 31.9 Å². The number of carbonyl (C=O) groups excluding carboxylic acids is 1. The van der Waals surface area contributed by atoms with E-state index >= 15 is 0 Å². The van der Waals surface area contributed by atoms with Crippen molar-refractivity contribution in [1.82, 2.24) is 30.1 Å². The van der Waals surface area contributed by atoms with Gasteiger partial charge in [-0.2, -0.15) is 20.1 Å². The Morgan fingerprint density at radius 2 is 2.24 bits per heavy atom. The first-order valence-corrected chi connectivity index (χ1v) is 8.46. The molecule has 0 saturated carbocycles. The Balaban J connectivity index is 1.65. The molecular weight excluding hydrogens is 324 g/mol. The lowest BCUT2D eigenvalue weighted by Crippen LogP contribution is -2.28. The van der Waals surface area contributed by atoms with Gasteiger partial charge >= 0.3 is 0 Å². The van der Waals surface area contributed by atoms with Crippen LogP contribution < -0.4 is 10.1 Å². The van der Waals surface area contributed by atoms with Crippen LogP contribution in [0.3, 0.4) is 0 Å². The fraction of sp³-hybridized carbons (Fsp3) is 0.625. The minimum Gasteiger partial charge on any atom is -0.475 e. The molecule has 1 fully saturated rings. The Morgan fingerprint density at radius 3 is 2.92 bits per heavy atom. The molecule has 1 aliphatic heterocycles. The van der Waals surface area contributed by atoms with Crippen LogP contribution >= 0.6 is 0 Å². The molecule has 136 valence electrons. The summed E-state index contributed by atoms with van der Waals surface area (Å²) < 4.78 is 13.2. The second kappa shape index (κ2) is 7.64. The number of aromatic nitrogens is 5. The molecular formula is C16H24N6O3. The van der Waals surface area contributed by atoms with E-state index in [2.05, 4.69) is 20.6 Å². The van der Waals surface area contributed by atoms with Gasteiger partial charge in [0.1, 0.15) is 17.9 Å². The van der Waals surface area contributed by atoms with Crippen molar-refractivity contribution in [2.75, 3.05) is 13.2 Å². The summed E-state index contributed by atoms with van der Waals surface area (Å²) in [4.78, 5) is 14.1. The highest BCUT2D eigenvalue weighted by Crippen LogP contribution is 2.23. The molecule has 1 unspecified atom stereocenters. The third-order valence-electron chi connectivity index (χ3n) is 4.15. The van der Waals surface area contributed by atoms with Gasteiger partial charge in [0.25, 0.3) is 5.91 Å². The number of ether oxygens (including phenoxy) is 2. The number of hydrogen-bond donors (Lipinski definition) is 1. The largest absolute Gasteiger partial charge is 0.475 e. The second-order valence-corrected chi connectivity index (χ2v) is 6.20. The average molecular weight is 348 g/mol. The van der Waals surface area contributed by atoms with E-state index < -0.39 is 0 Å². The van der Waals surface area contributed by atoms with E-state index in [9.17, 15) is 4.79 Å². The van der Waals surface area contributed by atoms with Crippen LogP contribution in [0.25, 0.3) is 0 Å². The lowest BCUT2D eigenvalue weighted by Gasteiger charge is -2.22. The Labute approximate surface area is 146 Å². The average Bonchev–Trinajstić information content (AvgIpc) is 3.14. The Kier molecular flexibility index (Phi) is 5.32. The molecule has 1 atom stereocenters. The molecule has 1 amide bonds. The van der Waals surface area contributed by atoms with Crippen molar-refractivity contribution in [2.24, 2.45) is 14.1 Å². The zero-order valence-corrected chi connectivity index (χ0v) is 14.9. The number of amides is 1. The maximum Gasteiger partial charge on any atom is 0.259 e. The van der Waals surface area contributed by atoms with Crippen LogP contribution in [0.2, 0.25) is 0 Å². The highest BCUT2D eigenvalue weighted by Gasteiger charge is 2.23. The van der Waals surface area contributed by atoms with E-state index in [-0.39, 0.29) is 12.0 Å². The molecule has 9 heteroatoms. The summed E-state index contributed by atoms with van der Waals surface area (Å²) in [6.45, 7) is 3.28. The van der Waals surface area contributed by atoms with Crippen LogP contribution in [0.5, 0.6) is 5.88 Å². The Hall–Kier alpha value is -2.42. The van der Waals surface area contributed by atoms with Gasteiger partial charge in [-0.05, 0) is 26.2 Å². The SMILES string of the molecule is Cc1nn(C)c(OCC2CCCCO2)c1C(=O)NCc1cnn(C)n1. The van der Waals surface area contributed by atoms with Gasteiger partial charge in [-0.1, -0.05) is 0 Å². The van der Waals surface area contributed by atoms with Gasteiger partial charge in [0.05, 0.1) is 24.5 Å². The molecule has 2 aromatic heterocycles. The fourth-order valence-corrected chi connectivity index (χ4v) is 2.90. The molecule has 1 aliphatic rings. The summed E-state index contributed by atoms with van der Waals surface area (Å²) in [7, 11) is 3.50. The van der Waals surface area contributed by atoms with Crippen molar-refractivity contribution in [3.63, 3.8) is 0 Å². The first kappa shape index (κ1) is 17.4. The highest BCUT2D eigenvalue weighted by atomic mass is 16.5. The molecule has 2 aromatic rings. The van der Waals surface area contributed by atoms with Gasteiger partial charge in [0, 0.05) is 20.7 Å². The van der Waals surface area contributed by atoms with E-state index in [1.165, 1.54) is 4.80 Å². The van der Waals surface area contributed by atoms with Crippen LogP contribution in [0.4, 0.5) is 0 Å². The normalized spacial score (nSPS) is 17.5. The third-order valence-corrected chi connectivity index (χ3v) is 4.15. The van der Waals surface area contributed by atoms with Gasteiger partial charge in [-0.15, -0.1) is 0 Å². The monoisotopic (exact) mass is 348 g/mol. The smallest absolute Gasteiger partial charge is 0.259 e. The summed E-state index contributed by atoms with van der Waals surface area (Å²) in [6.07, 6.45) is 4.90. The van der Waals surface area contributed by atoms with Crippen LogP contribution in [0.15, 0.2) is 6.20 Å². The van der Waals surface area contributed by atoms with Gasteiger partial charge in [0.15, 0.2) is 0 Å². The van der Waals surface area contributed by atoms with Gasteiger partial charge in [-0.25, -0.2) is 4.68 Å². The van der Waals surface area contributed by atoms with Crippen molar-refractivity contribution in [3.05, 3.63) is 23.1 Å². The molecule has 0 bridgehead atoms. The minimum absolute atomic E-state index is 0.0689. The van der Waals surface area contributed by atoms with Crippen molar-refractivity contribution in [1.29, 1.82) is 0 Å². The van der Waals surface area contributed by atoms with E-state index in [4.69, 9.17) is 9.47 Å². The van der Waals surface area contributed by atoms with Crippen LogP contribution in [-0.2, 0) is 25.4 Å². The molecule has 25 heavy (non-hydrogen) atoms. The third kappa shape index (κ3) is 4.16. The topological polar surface area (TPSA) is 96.1 Å². The number of rotatable bonds is 6. The number of carbonyl (C=O) groups is 1. The van der Waals surface area contributed by atoms with E-state index in [0.717, 1.165) is 25.9 Å². The zero-order valence-electron chi connectivity index (χ0n) is 14.9. The first-order chi connectivity index (χ1) is 12.0. The van der Waals surface area contributed by atoms with Crippen molar-refractivity contribution in [2.45, 2.75) is 38.8 Å². The van der Waals surface area contributed by atoms with Crippen molar-refractivity contribution < 1.29 is 14.3 Å². The zero-order chi connectivity index (χ0) is 17.8.